The molecule has 0 spiro atoms. The van der Waals surface area contributed by atoms with Crippen molar-refractivity contribution in [2.75, 3.05) is 13.2 Å². The van der Waals surface area contributed by atoms with E-state index >= 15 is 0 Å². The summed E-state index contributed by atoms with van der Waals surface area (Å²) in [6.07, 6.45) is 0.0670. The molecule has 0 bridgehead atoms. The van der Waals surface area contributed by atoms with Gasteiger partial charge in [-0.05, 0) is 26.0 Å². The molecule has 0 aliphatic heterocycles. The molecule has 0 heterocycles. The molecule has 1 N–H and O–H groups in total. The van der Waals surface area contributed by atoms with Gasteiger partial charge < -0.3 is 10.1 Å². The lowest BCUT2D eigenvalue weighted by atomic mass is 10.1. The molecule has 0 saturated heterocycles. The maximum atomic E-state index is 11.8. The third kappa shape index (κ3) is 4.50. The monoisotopic (exact) mass is 286 g/mol. The van der Waals surface area contributed by atoms with Gasteiger partial charge in [0.1, 0.15) is 10.6 Å². The summed E-state index contributed by atoms with van der Waals surface area (Å²) in [5.74, 6) is -0.540. The molecule has 0 atom stereocenters. The van der Waals surface area contributed by atoms with Crippen molar-refractivity contribution in [1.29, 1.82) is 0 Å². The van der Waals surface area contributed by atoms with Crippen LogP contribution in [0.4, 0.5) is 5.69 Å². The van der Waals surface area contributed by atoms with Crippen molar-refractivity contribution in [3.63, 3.8) is 0 Å². The van der Waals surface area contributed by atoms with Gasteiger partial charge in [0.25, 0.3) is 5.91 Å². The summed E-state index contributed by atoms with van der Waals surface area (Å²) in [4.78, 5) is 22.1. The Labute approximate surface area is 115 Å². The first-order valence-electron chi connectivity index (χ1n) is 5.76. The zero-order valence-electron chi connectivity index (χ0n) is 10.7. The minimum absolute atomic E-state index is 0.0537. The molecule has 1 rings (SSSR count). The first-order valence-corrected chi connectivity index (χ1v) is 6.14. The number of carbonyl (C=O) groups is 1. The van der Waals surface area contributed by atoms with Crippen molar-refractivity contribution in [3.05, 3.63) is 38.9 Å². The van der Waals surface area contributed by atoms with E-state index in [9.17, 15) is 14.9 Å². The highest BCUT2D eigenvalue weighted by atomic mass is 35.5. The predicted octanol–water partition coefficient (Wildman–Crippen LogP) is 2.40. The number of hydrogen-bond acceptors (Lipinski definition) is 4. The number of nitrogens with zero attached hydrogens (tertiary/aromatic N) is 1. The summed E-state index contributed by atoms with van der Waals surface area (Å²) >= 11 is 5.72. The van der Waals surface area contributed by atoms with Crippen LogP contribution in [0.1, 0.15) is 24.2 Å². The van der Waals surface area contributed by atoms with E-state index in [4.69, 9.17) is 16.3 Å². The second-order valence-electron chi connectivity index (χ2n) is 4.07. The summed E-state index contributed by atoms with van der Waals surface area (Å²) in [7, 11) is 0. The maximum absolute atomic E-state index is 11.8. The van der Waals surface area contributed by atoms with Crippen molar-refractivity contribution in [1.82, 2.24) is 5.32 Å². The van der Waals surface area contributed by atoms with Crippen LogP contribution in [0.3, 0.4) is 0 Å². The first kappa shape index (κ1) is 15.4. The number of halogens is 1. The van der Waals surface area contributed by atoms with Crippen LogP contribution >= 0.6 is 11.6 Å². The van der Waals surface area contributed by atoms with Gasteiger partial charge in [-0.2, -0.15) is 0 Å². The highest BCUT2D eigenvalue weighted by Crippen LogP contribution is 2.27. The fraction of sp³-hybridized carbons (Fsp3) is 0.417. The van der Waals surface area contributed by atoms with Crippen LogP contribution < -0.4 is 5.32 Å². The second kappa shape index (κ2) is 7.06. The van der Waals surface area contributed by atoms with Gasteiger partial charge in [0.05, 0.1) is 17.6 Å². The lowest BCUT2D eigenvalue weighted by Gasteiger charge is -2.09. The molecular weight excluding hydrogens is 272 g/mol. The first-order chi connectivity index (χ1) is 8.93. The van der Waals surface area contributed by atoms with Crippen LogP contribution in [0.2, 0.25) is 5.02 Å². The Bertz CT molecular complexity index is 477. The summed E-state index contributed by atoms with van der Waals surface area (Å²) in [6.45, 7) is 4.38. The molecule has 0 aromatic heterocycles. The number of carbonyl (C=O) groups excluding carboxylic acids is 1. The topological polar surface area (TPSA) is 81.5 Å². The Morgan fingerprint density at radius 3 is 2.79 bits per heavy atom. The van der Waals surface area contributed by atoms with Gasteiger partial charge in [0.15, 0.2) is 0 Å². The van der Waals surface area contributed by atoms with E-state index in [-0.39, 0.29) is 28.9 Å². The number of nitro groups is 1. The fourth-order valence-corrected chi connectivity index (χ4v) is 1.68. The standard InChI is InChI=1S/C12H15ClN2O4/c1-8(2)19-7-6-14-12(16)9-4-3-5-10(13)11(9)15(17)18/h3-5,8H,6-7H2,1-2H3,(H,14,16). The van der Waals surface area contributed by atoms with Gasteiger partial charge in [0.2, 0.25) is 0 Å². The van der Waals surface area contributed by atoms with Gasteiger partial charge in [-0.15, -0.1) is 0 Å². The number of rotatable bonds is 6. The average molecular weight is 287 g/mol. The minimum atomic E-state index is -0.665. The molecule has 7 heteroatoms. The quantitative estimate of drug-likeness (QED) is 0.494. The van der Waals surface area contributed by atoms with Crippen molar-refractivity contribution < 1.29 is 14.5 Å². The van der Waals surface area contributed by atoms with E-state index in [0.29, 0.717) is 6.61 Å². The second-order valence-corrected chi connectivity index (χ2v) is 4.48. The number of ether oxygens (including phenoxy) is 1. The Kier molecular flexibility index (Phi) is 5.72. The molecule has 0 saturated carbocycles. The van der Waals surface area contributed by atoms with E-state index in [1.807, 2.05) is 13.8 Å². The Morgan fingerprint density at radius 2 is 2.21 bits per heavy atom. The van der Waals surface area contributed by atoms with E-state index in [1.54, 1.807) is 0 Å². The van der Waals surface area contributed by atoms with Crippen LogP contribution in [-0.2, 0) is 4.74 Å². The number of hydrogen-bond donors (Lipinski definition) is 1. The molecular formula is C12H15ClN2O4. The molecule has 0 fully saturated rings. The van der Waals surface area contributed by atoms with Crippen LogP contribution in [0.5, 0.6) is 0 Å². The van der Waals surface area contributed by atoms with Crippen molar-refractivity contribution in [2.45, 2.75) is 20.0 Å². The Balaban J connectivity index is 2.72. The number of para-hydroxylation sites is 1. The maximum Gasteiger partial charge on any atom is 0.300 e. The van der Waals surface area contributed by atoms with Crippen LogP contribution in [0, 0.1) is 10.1 Å². The number of nitro benzene ring substituents is 1. The Morgan fingerprint density at radius 1 is 1.53 bits per heavy atom. The SMILES string of the molecule is CC(C)OCCNC(=O)c1cccc(Cl)c1[N+](=O)[O-]. The van der Waals surface area contributed by atoms with Crippen LogP contribution in [-0.4, -0.2) is 30.1 Å². The molecule has 1 aromatic carbocycles. The lowest BCUT2D eigenvalue weighted by molar-refractivity contribution is -0.385. The van der Waals surface area contributed by atoms with Crippen LogP contribution in [0.25, 0.3) is 0 Å². The molecule has 6 nitrogen and oxygen atoms in total. The van der Waals surface area contributed by atoms with Crippen LogP contribution in [0.15, 0.2) is 18.2 Å². The Hall–Kier alpha value is -1.66. The van der Waals surface area contributed by atoms with Crippen molar-refractivity contribution >= 4 is 23.2 Å². The number of nitrogens with one attached hydrogen (secondary N) is 1. The highest BCUT2D eigenvalue weighted by Gasteiger charge is 2.23. The zero-order valence-corrected chi connectivity index (χ0v) is 11.4. The van der Waals surface area contributed by atoms with Gasteiger partial charge in [-0.3, -0.25) is 14.9 Å². The molecule has 1 amide bonds. The molecule has 104 valence electrons. The van der Waals surface area contributed by atoms with Gasteiger partial charge in [0, 0.05) is 6.54 Å². The fourth-order valence-electron chi connectivity index (χ4n) is 1.44. The number of benzene rings is 1. The molecule has 1 aromatic rings. The molecule has 0 aliphatic carbocycles. The van der Waals surface area contributed by atoms with E-state index < -0.39 is 10.8 Å². The molecule has 19 heavy (non-hydrogen) atoms. The summed E-state index contributed by atoms with van der Waals surface area (Å²) in [6, 6.07) is 4.23. The summed E-state index contributed by atoms with van der Waals surface area (Å²) in [5.41, 5.74) is -0.437. The minimum Gasteiger partial charge on any atom is -0.377 e. The highest BCUT2D eigenvalue weighted by molar-refractivity contribution is 6.33. The van der Waals surface area contributed by atoms with E-state index in [0.717, 1.165) is 0 Å². The largest absolute Gasteiger partial charge is 0.377 e. The van der Waals surface area contributed by atoms with Crippen molar-refractivity contribution in [3.8, 4) is 0 Å². The van der Waals surface area contributed by atoms with Crippen molar-refractivity contribution in [2.24, 2.45) is 0 Å². The van der Waals surface area contributed by atoms with E-state index in [2.05, 4.69) is 5.32 Å². The molecule has 0 radical (unpaired) electrons. The van der Waals surface area contributed by atoms with Gasteiger partial charge in [-0.25, -0.2) is 0 Å². The zero-order chi connectivity index (χ0) is 14.4. The molecule has 0 unspecified atom stereocenters. The summed E-state index contributed by atoms with van der Waals surface area (Å²) < 4.78 is 5.25. The number of amides is 1. The lowest BCUT2D eigenvalue weighted by Crippen LogP contribution is -2.28. The van der Waals surface area contributed by atoms with Gasteiger partial charge in [-0.1, -0.05) is 17.7 Å². The third-order valence-electron chi connectivity index (χ3n) is 2.25. The normalized spacial score (nSPS) is 10.5. The average Bonchev–Trinajstić information content (AvgIpc) is 2.33. The third-order valence-corrected chi connectivity index (χ3v) is 2.56. The van der Waals surface area contributed by atoms with E-state index in [1.165, 1.54) is 18.2 Å². The predicted molar refractivity (Wildman–Crippen MR) is 71.5 cm³/mol. The van der Waals surface area contributed by atoms with Gasteiger partial charge >= 0.3 is 5.69 Å². The molecule has 0 aliphatic rings. The smallest absolute Gasteiger partial charge is 0.300 e. The summed E-state index contributed by atoms with van der Waals surface area (Å²) in [5, 5.41) is 13.4.